The van der Waals surface area contributed by atoms with E-state index in [1.807, 2.05) is 30.3 Å². The van der Waals surface area contributed by atoms with Crippen molar-refractivity contribution in [3.8, 4) is 11.5 Å². The topological polar surface area (TPSA) is 73.6 Å². The molecule has 5 nitrogen and oxygen atoms in total. The van der Waals surface area contributed by atoms with Gasteiger partial charge in [-0.2, -0.15) is 0 Å². The molecule has 3 N–H and O–H groups in total. The molecule has 1 heterocycles. The molecule has 0 saturated carbocycles. The Balaban J connectivity index is 1.74. The normalized spacial score (nSPS) is 12.2. The zero-order valence-electron chi connectivity index (χ0n) is 10.8. The van der Waals surface area contributed by atoms with Crippen molar-refractivity contribution in [3.05, 3.63) is 53.6 Å². The number of anilines is 1. The van der Waals surface area contributed by atoms with Crippen molar-refractivity contribution < 1.29 is 14.3 Å². The third-order valence-electron chi connectivity index (χ3n) is 3.09. The minimum Gasteiger partial charge on any atom is -0.454 e. The average Bonchev–Trinajstić information content (AvgIpc) is 2.92. The number of rotatable bonds is 3. The number of amides is 1. The van der Waals surface area contributed by atoms with Crippen molar-refractivity contribution in [1.29, 1.82) is 0 Å². The molecule has 2 aromatic carbocycles. The Hall–Kier alpha value is -2.69. The highest BCUT2D eigenvalue weighted by molar-refractivity contribution is 6.00. The van der Waals surface area contributed by atoms with Gasteiger partial charge in [-0.15, -0.1) is 0 Å². The summed E-state index contributed by atoms with van der Waals surface area (Å²) in [6.07, 6.45) is 0. The molecular formula is C15H14N2O3. The molecule has 2 aromatic rings. The minimum absolute atomic E-state index is 0.157. The molecule has 5 heteroatoms. The fourth-order valence-corrected chi connectivity index (χ4v) is 2.03. The number of benzene rings is 2. The summed E-state index contributed by atoms with van der Waals surface area (Å²) in [5, 5.41) is 2.83. The molecule has 0 atom stereocenters. The number of ether oxygens (including phenoxy) is 2. The lowest BCUT2D eigenvalue weighted by molar-refractivity contribution is 0.0951. The van der Waals surface area contributed by atoms with Gasteiger partial charge in [0.1, 0.15) is 0 Å². The fraction of sp³-hybridized carbons (Fsp3) is 0.133. The van der Waals surface area contributed by atoms with Gasteiger partial charge in [-0.05, 0) is 11.6 Å². The van der Waals surface area contributed by atoms with Gasteiger partial charge in [0, 0.05) is 18.3 Å². The first-order valence-corrected chi connectivity index (χ1v) is 6.25. The molecular weight excluding hydrogens is 256 g/mol. The molecule has 0 bridgehead atoms. The van der Waals surface area contributed by atoms with E-state index in [9.17, 15) is 4.79 Å². The van der Waals surface area contributed by atoms with E-state index < -0.39 is 0 Å². The molecule has 3 rings (SSSR count). The first-order valence-electron chi connectivity index (χ1n) is 6.25. The van der Waals surface area contributed by atoms with Crippen molar-refractivity contribution >= 4 is 11.6 Å². The molecule has 0 saturated heterocycles. The number of nitrogen functional groups attached to an aromatic ring is 1. The Morgan fingerprint density at radius 2 is 1.85 bits per heavy atom. The molecule has 0 aromatic heterocycles. The Kier molecular flexibility index (Phi) is 3.16. The van der Waals surface area contributed by atoms with Crippen LogP contribution in [0.1, 0.15) is 15.9 Å². The number of fused-ring (bicyclic) bond motifs is 1. The van der Waals surface area contributed by atoms with Crippen molar-refractivity contribution in [1.82, 2.24) is 5.32 Å². The second kappa shape index (κ2) is 5.13. The Morgan fingerprint density at radius 3 is 2.60 bits per heavy atom. The van der Waals surface area contributed by atoms with Gasteiger partial charge < -0.3 is 20.5 Å². The third kappa shape index (κ3) is 2.38. The molecule has 0 spiro atoms. The number of hydrogen-bond acceptors (Lipinski definition) is 4. The second-order valence-electron chi connectivity index (χ2n) is 4.46. The lowest BCUT2D eigenvalue weighted by Crippen LogP contribution is -2.23. The van der Waals surface area contributed by atoms with Crippen LogP contribution in [0, 0.1) is 0 Å². The van der Waals surface area contributed by atoms with E-state index in [0.717, 1.165) is 5.56 Å². The lowest BCUT2D eigenvalue weighted by Gasteiger charge is -2.08. The molecule has 0 aliphatic carbocycles. The summed E-state index contributed by atoms with van der Waals surface area (Å²) in [5.74, 6) is 0.885. The largest absolute Gasteiger partial charge is 0.454 e. The van der Waals surface area contributed by atoms with Crippen LogP contribution in [0.4, 0.5) is 5.69 Å². The Labute approximate surface area is 116 Å². The van der Waals surface area contributed by atoms with Gasteiger partial charge in [-0.1, -0.05) is 30.3 Å². The summed E-state index contributed by atoms with van der Waals surface area (Å²) >= 11 is 0. The van der Waals surface area contributed by atoms with Crippen LogP contribution in [0.15, 0.2) is 42.5 Å². The molecule has 1 amide bonds. The van der Waals surface area contributed by atoms with Crippen molar-refractivity contribution in [2.45, 2.75) is 6.54 Å². The summed E-state index contributed by atoms with van der Waals surface area (Å²) < 4.78 is 10.5. The van der Waals surface area contributed by atoms with Crippen LogP contribution in [-0.4, -0.2) is 12.7 Å². The molecule has 20 heavy (non-hydrogen) atoms. The predicted molar refractivity (Wildman–Crippen MR) is 74.6 cm³/mol. The van der Waals surface area contributed by atoms with E-state index in [4.69, 9.17) is 15.2 Å². The fourth-order valence-electron chi connectivity index (χ4n) is 2.03. The molecule has 1 aliphatic rings. The van der Waals surface area contributed by atoms with Crippen LogP contribution in [0.5, 0.6) is 11.5 Å². The summed E-state index contributed by atoms with van der Waals surface area (Å²) in [4.78, 5) is 12.2. The molecule has 102 valence electrons. The smallest absolute Gasteiger partial charge is 0.253 e. The maximum Gasteiger partial charge on any atom is 0.253 e. The summed E-state index contributed by atoms with van der Waals surface area (Å²) in [6.45, 7) is 0.609. The first-order chi connectivity index (χ1) is 9.74. The van der Waals surface area contributed by atoms with Gasteiger partial charge in [0.05, 0.1) is 5.56 Å². The highest BCUT2D eigenvalue weighted by Crippen LogP contribution is 2.35. The van der Waals surface area contributed by atoms with Crippen molar-refractivity contribution in [2.75, 3.05) is 12.5 Å². The molecule has 0 unspecified atom stereocenters. The molecule has 0 fully saturated rings. The number of carbonyl (C=O) groups excluding carboxylic acids is 1. The van der Waals surface area contributed by atoms with E-state index in [1.54, 1.807) is 12.1 Å². The van der Waals surface area contributed by atoms with Gasteiger partial charge in [-0.3, -0.25) is 4.79 Å². The van der Waals surface area contributed by atoms with E-state index >= 15 is 0 Å². The third-order valence-corrected chi connectivity index (χ3v) is 3.09. The summed E-state index contributed by atoms with van der Waals surface area (Å²) in [7, 11) is 0. The van der Waals surface area contributed by atoms with E-state index in [2.05, 4.69) is 5.32 Å². The second-order valence-corrected chi connectivity index (χ2v) is 4.46. The van der Waals surface area contributed by atoms with E-state index in [0.29, 0.717) is 29.3 Å². The van der Waals surface area contributed by atoms with Crippen molar-refractivity contribution in [3.63, 3.8) is 0 Å². The van der Waals surface area contributed by atoms with Crippen molar-refractivity contribution in [2.24, 2.45) is 0 Å². The summed E-state index contributed by atoms with van der Waals surface area (Å²) in [6, 6.07) is 12.9. The number of hydrogen-bond donors (Lipinski definition) is 2. The van der Waals surface area contributed by atoms with Crippen LogP contribution >= 0.6 is 0 Å². The average molecular weight is 270 g/mol. The Bertz CT molecular complexity index is 641. The van der Waals surface area contributed by atoms with Gasteiger partial charge >= 0.3 is 0 Å². The first kappa shape index (κ1) is 12.3. The Morgan fingerprint density at radius 1 is 1.15 bits per heavy atom. The van der Waals surface area contributed by atoms with Gasteiger partial charge in [0.25, 0.3) is 5.91 Å². The number of nitrogens with two attached hydrogens (primary N) is 1. The van der Waals surface area contributed by atoms with Crippen LogP contribution < -0.4 is 20.5 Å². The van der Waals surface area contributed by atoms with Crippen LogP contribution in [0.2, 0.25) is 0 Å². The van der Waals surface area contributed by atoms with Gasteiger partial charge in [-0.25, -0.2) is 0 Å². The monoisotopic (exact) mass is 270 g/mol. The van der Waals surface area contributed by atoms with Crippen LogP contribution in [0.3, 0.4) is 0 Å². The quantitative estimate of drug-likeness (QED) is 0.836. The predicted octanol–water partition coefficient (Wildman–Crippen LogP) is 1.93. The highest BCUT2D eigenvalue weighted by Gasteiger charge is 2.19. The zero-order valence-corrected chi connectivity index (χ0v) is 10.8. The molecule has 1 aliphatic heterocycles. The SMILES string of the molecule is Nc1cc2c(cc1C(=O)NCc1ccccc1)OCO2. The highest BCUT2D eigenvalue weighted by atomic mass is 16.7. The van der Waals surface area contributed by atoms with Crippen LogP contribution in [0.25, 0.3) is 0 Å². The molecule has 0 radical (unpaired) electrons. The number of nitrogens with one attached hydrogen (secondary N) is 1. The van der Waals surface area contributed by atoms with E-state index in [1.165, 1.54) is 0 Å². The number of carbonyl (C=O) groups is 1. The lowest BCUT2D eigenvalue weighted by atomic mass is 10.1. The minimum atomic E-state index is -0.232. The van der Waals surface area contributed by atoms with Gasteiger partial charge in [0.15, 0.2) is 11.5 Å². The summed E-state index contributed by atoms with van der Waals surface area (Å²) in [5.41, 5.74) is 7.66. The zero-order chi connectivity index (χ0) is 13.9. The maximum absolute atomic E-state index is 12.2. The maximum atomic E-state index is 12.2. The van der Waals surface area contributed by atoms with Crippen LogP contribution in [-0.2, 0) is 6.54 Å². The van der Waals surface area contributed by atoms with E-state index in [-0.39, 0.29) is 12.7 Å². The standard InChI is InChI=1S/C15H14N2O3/c16-12-7-14-13(19-9-20-14)6-11(12)15(18)17-8-10-4-2-1-3-5-10/h1-7H,8-9,16H2,(H,17,18). The van der Waals surface area contributed by atoms with Gasteiger partial charge in [0.2, 0.25) is 6.79 Å².